The van der Waals surface area contributed by atoms with Crippen molar-refractivity contribution in [1.82, 2.24) is 20.2 Å². The summed E-state index contributed by atoms with van der Waals surface area (Å²) in [7, 11) is 0. The molecule has 0 fully saturated rings. The average molecular weight is 549 g/mol. The number of carbonyl (C=O) groups is 1. The molecule has 3 aromatic rings. The number of nitrogens with zero attached hydrogens (tertiary/aromatic N) is 4. The SMILES string of the molecule is C=C(C)Cn1c(SCC(=O)N/N=C\c2ccc(Br)cc2)nnc1-c1ccc(Br)cc1. The number of halogens is 2. The monoisotopic (exact) mass is 547 g/mol. The molecule has 0 radical (unpaired) electrons. The number of thioether (sulfide) groups is 1. The fourth-order valence-corrected chi connectivity index (χ4v) is 3.77. The van der Waals surface area contributed by atoms with Crippen molar-refractivity contribution in [2.24, 2.45) is 5.10 Å². The molecule has 6 nitrogen and oxygen atoms in total. The third-order valence-corrected chi connectivity index (χ3v) is 5.88. The Kier molecular flexibility index (Phi) is 8.01. The number of allylic oxidation sites excluding steroid dienone is 1. The molecule has 0 unspecified atom stereocenters. The van der Waals surface area contributed by atoms with E-state index in [1.165, 1.54) is 11.8 Å². The molecule has 1 heterocycles. The van der Waals surface area contributed by atoms with Crippen LogP contribution in [-0.4, -0.2) is 32.6 Å². The Labute approximate surface area is 196 Å². The number of carbonyl (C=O) groups excluding carboxylic acids is 1. The van der Waals surface area contributed by atoms with E-state index in [0.717, 1.165) is 31.5 Å². The van der Waals surface area contributed by atoms with E-state index in [-0.39, 0.29) is 11.7 Å². The Hall–Kier alpha value is -2.23. The van der Waals surface area contributed by atoms with Crippen LogP contribution in [-0.2, 0) is 11.3 Å². The fraction of sp³-hybridized carbons (Fsp3) is 0.143. The van der Waals surface area contributed by atoms with Crippen molar-refractivity contribution in [3.05, 3.63) is 75.2 Å². The van der Waals surface area contributed by atoms with Crippen LogP contribution >= 0.6 is 43.6 Å². The number of nitrogens with one attached hydrogen (secondary N) is 1. The van der Waals surface area contributed by atoms with Gasteiger partial charge in [0, 0.05) is 21.1 Å². The van der Waals surface area contributed by atoms with Gasteiger partial charge >= 0.3 is 0 Å². The third-order valence-electron chi connectivity index (χ3n) is 3.85. The van der Waals surface area contributed by atoms with Crippen LogP contribution in [0.15, 0.2) is 79.9 Å². The molecule has 3 rings (SSSR count). The lowest BCUT2D eigenvalue weighted by molar-refractivity contribution is -0.118. The molecule has 0 bridgehead atoms. The summed E-state index contributed by atoms with van der Waals surface area (Å²) < 4.78 is 3.95. The molecule has 0 aliphatic carbocycles. The fourth-order valence-electron chi connectivity index (χ4n) is 2.51. The van der Waals surface area contributed by atoms with Gasteiger partial charge in [-0.1, -0.05) is 80.0 Å². The van der Waals surface area contributed by atoms with E-state index in [9.17, 15) is 4.79 Å². The lowest BCUT2D eigenvalue weighted by atomic mass is 10.2. The van der Waals surface area contributed by atoms with Crippen molar-refractivity contribution in [1.29, 1.82) is 0 Å². The maximum Gasteiger partial charge on any atom is 0.250 e. The first kappa shape index (κ1) is 22.5. The number of hydrogen-bond acceptors (Lipinski definition) is 5. The molecule has 1 N–H and O–H groups in total. The molecule has 154 valence electrons. The summed E-state index contributed by atoms with van der Waals surface area (Å²) in [5.41, 5.74) is 5.35. The Morgan fingerprint density at radius 3 is 2.40 bits per heavy atom. The zero-order valence-electron chi connectivity index (χ0n) is 16.2. The summed E-state index contributed by atoms with van der Waals surface area (Å²) >= 11 is 8.14. The largest absolute Gasteiger partial charge is 0.298 e. The van der Waals surface area contributed by atoms with Crippen LogP contribution in [0.2, 0.25) is 0 Å². The lowest BCUT2D eigenvalue weighted by Gasteiger charge is -2.10. The summed E-state index contributed by atoms with van der Waals surface area (Å²) in [6.07, 6.45) is 1.60. The smallest absolute Gasteiger partial charge is 0.250 e. The molecule has 0 aliphatic rings. The molecular weight excluding hydrogens is 530 g/mol. The van der Waals surface area contributed by atoms with E-state index in [4.69, 9.17) is 0 Å². The molecule has 9 heteroatoms. The summed E-state index contributed by atoms with van der Waals surface area (Å²) in [4.78, 5) is 12.2. The normalized spacial score (nSPS) is 11.0. The van der Waals surface area contributed by atoms with Gasteiger partial charge in [-0.05, 0) is 36.8 Å². The van der Waals surface area contributed by atoms with Gasteiger partial charge in [-0.15, -0.1) is 10.2 Å². The maximum absolute atomic E-state index is 12.2. The summed E-state index contributed by atoms with van der Waals surface area (Å²) in [6, 6.07) is 15.5. The van der Waals surface area contributed by atoms with Crippen molar-refractivity contribution < 1.29 is 4.79 Å². The highest BCUT2D eigenvalue weighted by Gasteiger charge is 2.15. The standard InChI is InChI=1S/C21H19Br2N5OS/c1-14(2)12-28-20(16-5-9-18(23)10-6-16)26-27-21(28)30-13-19(29)25-24-11-15-3-7-17(22)8-4-15/h3-11H,1,12-13H2,2H3,(H,25,29)/b24-11-. The molecule has 1 aromatic heterocycles. The van der Waals surface area contributed by atoms with E-state index in [2.05, 4.69) is 59.2 Å². The molecule has 0 saturated heterocycles. The van der Waals surface area contributed by atoms with Crippen LogP contribution in [0, 0.1) is 0 Å². The van der Waals surface area contributed by atoms with Gasteiger partial charge in [-0.2, -0.15) is 5.10 Å². The molecule has 0 aliphatic heterocycles. The predicted molar refractivity (Wildman–Crippen MR) is 129 cm³/mol. The highest BCUT2D eigenvalue weighted by molar-refractivity contribution is 9.10. The van der Waals surface area contributed by atoms with Gasteiger partial charge < -0.3 is 0 Å². The first-order valence-electron chi connectivity index (χ1n) is 8.96. The topological polar surface area (TPSA) is 72.2 Å². The zero-order chi connectivity index (χ0) is 21.5. The molecule has 2 aromatic carbocycles. The number of amides is 1. The molecule has 0 atom stereocenters. The first-order chi connectivity index (χ1) is 14.4. The predicted octanol–water partition coefficient (Wildman–Crippen LogP) is 5.29. The quantitative estimate of drug-likeness (QED) is 0.180. The molecule has 1 amide bonds. The highest BCUT2D eigenvalue weighted by atomic mass is 79.9. The minimum Gasteiger partial charge on any atom is -0.298 e. The Bertz CT molecular complexity index is 1060. The Morgan fingerprint density at radius 2 is 1.77 bits per heavy atom. The van der Waals surface area contributed by atoms with Gasteiger partial charge in [0.1, 0.15) is 0 Å². The van der Waals surface area contributed by atoms with Crippen LogP contribution in [0.5, 0.6) is 0 Å². The van der Waals surface area contributed by atoms with Crippen LogP contribution in [0.1, 0.15) is 12.5 Å². The second kappa shape index (κ2) is 10.7. The molecular formula is C21H19Br2N5OS. The first-order valence-corrected chi connectivity index (χ1v) is 11.5. The van der Waals surface area contributed by atoms with Crippen LogP contribution in [0.25, 0.3) is 11.4 Å². The van der Waals surface area contributed by atoms with E-state index in [1.807, 2.05) is 60.0 Å². The average Bonchev–Trinajstić information content (AvgIpc) is 3.10. The number of rotatable bonds is 8. The van der Waals surface area contributed by atoms with Gasteiger partial charge in [0.2, 0.25) is 0 Å². The maximum atomic E-state index is 12.2. The van der Waals surface area contributed by atoms with E-state index in [1.54, 1.807) is 6.21 Å². The summed E-state index contributed by atoms with van der Waals surface area (Å²) in [5.74, 6) is 0.692. The van der Waals surface area contributed by atoms with Crippen LogP contribution in [0.4, 0.5) is 0 Å². The van der Waals surface area contributed by atoms with Gasteiger partial charge in [0.15, 0.2) is 11.0 Å². The summed E-state index contributed by atoms with van der Waals surface area (Å²) in [5, 5.41) is 13.3. The third kappa shape index (κ3) is 6.38. The van der Waals surface area contributed by atoms with Crippen molar-refractivity contribution in [3.63, 3.8) is 0 Å². The highest BCUT2D eigenvalue weighted by Crippen LogP contribution is 2.26. The van der Waals surface area contributed by atoms with Gasteiger partial charge in [-0.25, -0.2) is 5.43 Å². The lowest BCUT2D eigenvalue weighted by Crippen LogP contribution is -2.20. The Balaban J connectivity index is 1.65. The minimum atomic E-state index is -0.219. The number of hydrogen-bond donors (Lipinski definition) is 1. The zero-order valence-corrected chi connectivity index (χ0v) is 20.2. The number of aromatic nitrogens is 3. The van der Waals surface area contributed by atoms with E-state index >= 15 is 0 Å². The Morgan fingerprint density at radius 1 is 1.13 bits per heavy atom. The van der Waals surface area contributed by atoms with Gasteiger partial charge in [0.25, 0.3) is 5.91 Å². The van der Waals surface area contributed by atoms with Gasteiger partial charge in [0.05, 0.1) is 12.0 Å². The molecule has 0 saturated carbocycles. The van der Waals surface area contributed by atoms with Crippen LogP contribution in [0.3, 0.4) is 0 Å². The van der Waals surface area contributed by atoms with E-state index in [0.29, 0.717) is 11.7 Å². The molecule has 0 spiro atoms. The van der Waals surface area contributed by atoms with Crippen molar-refractivity contribution >= 4 is 55.7 Å². The second-order valence-electron chi connectivity index (χ2n) is 6.49. The number of hydrazone groups is 1. The second-order valence-corrected chi connectivity index (χ2v) is 9.26. The molecule has 30 heavy (non-hydrogen) atoms. The minimum absolute atomic E-state index is 0.173. The number of benzene rings is 2. The van der Waals surface area contributed by atoms with E-state index < -0.39 is 0 Å². The van der Waals surface area contributed by atoms with Crippen LogP contribution < -0.4 is 5.43 Å². The van der Waals surface area contributed by atoms with Gasteiger partial charge in [-0.3, -0.25) is 9.36 Å². The van der Waals surface area contributed by atoms with Crippen molar-refractivity contribution in [2.75, 3.05) is 5.75 Å². The van der Waals surface area contributed by atoms with Crippen molar-refractivity contribution in [3.8, 4) is 11.4 Å². The van der Waals surface area contributed by atoms with Crippen molar-refractivity contribution in [2.45, 2.75) is 18.6 Å². The summed E-state index contributed by atoms with van der Waals surface area (Å²) in [6.45, 7) is 6.52.